The van der Waals surface area contributed by atoms with Crippen LogP contribution in [0.1, 0.15) is 43.5 Å². The van der Waals surface area contributed by atoms with Gasteiger partial charge in [0.2, 0.25) is 0 Å². The minimum atomic E-state index is -0.0335. The molecule has 4 nitrogen and oxygen atoms in total. The molecule has 0 atom stereocenters. The van der Waals surface area contributed by atoms with Crippen LogP contribution >= 0.6 is 0 Å². The normalized spacial score (nSPS) is 10.3. The summed E-state index contributed by atoms with van der Waals surface area (Å²) in [5.74, 6) is 0.758. The molecule has 0 aliphatic carbocycles. The quantitative estimate of drug-likeness (QED) is 0.745. The van der Waals surface area contributed by atoms with Gasteiger partial charge in [-0.05, 0) is 37.6 Å². The SMILES string of the molecule is CCCCCNC(=O)c1ccnc(N(CC)c2ccccc2)c1. The van der Waals surface area contributed by atoms with Crippen LogP contribution in [0.2, 0.25) is 0 Å². The Bertz CT molecular complexity index is 613. The minimum Gasteiger partial charge on any atom is -0.352 e. The highest BCUT2D eigenvalue weighted by Gasteiger charge is 2.11. The third-order valence-corrected chi connectivity index (χ3v) is 3.73. The van der Waals surface area contributed by atoms with Gasteiger partial charge in [-0.15, -0.1) is 0 Å². The van der Waals surface area contributed by atoms with E-state index in [0.29, 0.717) is 5.56 Å². The molecule has 1 aromatic heterocycles. The summed E-state index contributed by atoms with van der Waals surface area (Å²) in [7, 11) is 0. The molecule has 122 valence electrons. The number of rotatable bonds is 8. The molecule has 0 saturated carbocycles. The van der Waals surface area contributed by atoms with Crippen LogP contribution in [0.4, 0.5) is 11.5 Å². The number of anilines is 2. The number of hydrogen-bond acceptors (Lipinski definition) is 3. The van der Waals surface area contributed by atoms with Crippen LogP contribution in [0.25, 0.3) is 0 Å². The van der Waals surface area contributed by atoms with Crippen LogP contribution in [0, 0.1) is 0 Å². The van der Waals surface area contributed by atoms with Crippen LogP contribution in [0.5, 0.6) is 0 Å². The smallest absolute Gasteiger partial charge is 0.251 e. The molecule has 2 aromatic rings. The zero-order valence-electron chi connectivity index (χ0n) is 14.0. The van der Waals surface area contributed by atoms with Crippen molar-refractivity contribution in [1.82, 2.24) is 10.3 Å². The average Bonchev–Trinajstić information content (AvgIpc) is 2.60. The largest absolute Gasteiger partial charge is 0.352 e. The molecule has 1 aromatic carbocycles. The van der Waals surface area contributed by atoms with Crippen molar-refractivity contribution in [3.63, 3.8) is 0 Å². The Morgan fingerprint density at radius 2 is 1.91 bits per heavy atom. The second-order valence-corrected chi connectivity index (χ2v) is 5.45. The number of carbonyl (C=O) groups excluding carboxylic acids is 1. The molecule has 1 heterocycles. The number of carbonyl (C=O) groups is 1. The molecular formula is C19H25N3O. The van der Waals surface area contributed by atoms with Crippen molar-refractivity contribution in [3.05, 3.63) is 54.2 Å². The standard InChI is InChI=1S/C19H25N3O/c1-3-5-9-13-21-19(23)16-12-14-20-18(15-16)22(4-2)17-10-7-6-8-11-17/h6-8,10-12,14-15H,3-5,9,13H2,1-2H3,(H,21,23). The Balaban J connectivity index is 2.10. The summed E-state index contributed by atoms with van der Waals surface area (Å²) < 4.78 is 0. The van der Waals surface area contributed by atoms with Gasteiger partial charge >= 0.3 is 0 Å². The first kappa shape index (κ1) is 17.0. The van der Waals surface area contributed by atoms with Gasteiger partial charge in [0.05, 0.1) is 0 Å². The first-order valence-corrected chi connectivity index (χ1v) is 8.33. The number of benzene rings is 1. The van der Waals surface area contributed by atoms with Gasteiger partial charge in [-0.3, -0.25) is 4.79 Å². The van der Waals surface area contributed by atoms with Gasteiger partial charge in [-0.2, -0.15) is 0 Å². The van der Waals surface area contributed by atoms with Crippen LogP contribution in [-0.4, -0.2) is 24.0 Å². The van der Waals surface area contributed by atoms with Crippen LogP contribution in [0.15, 0.2) is 48.7 Å². The first-order valence-electron chi connectivity index (χ1n) is 8.33. The molecule has 1 amide bonds. The van der Waals surface area contributed by atoms with E-state index in [9.17, 15) is 4.79 Å². The molecule has 0 aliphatic heterocycles. The van der Waals surface area contributed by atoms with Crippen LogP contribution in [-0.2, 0) is 0 Å². The van der Waals surface area contributed by atoms with E-state index < -0.39 is 0 Å². The van der Waals surface area contributed by atoms with Gasteiger partial charge in [0, 0.05) is 30.5 Å². The number of para-hydroxylation sites is 1. The topological polar surface area (TPSA) is 45.2 Å². The van der Waals surface area contributed by atoms with E-state index in [2.05, 4.69) is 29.0 Å². The maximum atomic E-state index is 12.3. The van der Waals surface area contributed by atoms with Crippen molar-refractivity contribution >= 4 is 17.4 Å². The number of aromatic nitrogens is 1. The number of nitrogens with one attached hydrogen (secondary N) is 1. The van der Waals surface area contributed by atoms with Crippen molar-refractivity contribution in [2.45, 2.75) is 33.1 Å². The number of hydrogen-bond donors (Lipinski definition) is 1. The van der Waals surface area contributed by atoms with E-state index in [1.807, 2.05) is 36.4 Å². The summed E-state index contributed by atoms with van der Waals surface area (Å²) in [6, 6.07) is 13.7. The third-order valence-electron chi connectivity index (χ3n) is 3.73. The number of nitrogens with zero attached hydrogens (tertiary/aromatic N) is 2. The molecule has 0 fully saturated rings. The zero-order valence-corrected chi connectivity index (χ0v) is 14.0. The van der Waals surface area contributed by atoms with E-state index in [0.717, 1.165) is 43.9 Å². The Kier molecular flexibility index (Phi) is 6.60. The van der Waals surface area contributed by atoms with Crippen molar-refractivity contribution in [3.8, 4) is 0 Å². The van der Waals surface area contributed by atoms with E-state index in [1.165, 1.54) is 0 Å². The van der Waals surface area contributed by atoms with E-state index in [4.69, 9.17) is 0 Å². The second kappa shape index (κ2) is 8.93. The summed E-state index contributed by atoms with van der Waals surface area (Å²) in [5, 5.41) is 2.97. The zero-order chi connectivity index (χ0) is 16.5. The fraction of sp³-hybridized carbons (Fsp3) is 0.368. The number of unbranched alkanes of at least 4 members (excludes halogenated alkanes) is 2. The lowest BCUT2D eigenvalue weighted by Crippen LogP contribution is -2.25. The summed E-state index contributed by atoms with van der Waals surface area (Å²) in [4.78, 5) is 18.8. The highest BCUT2D eigenvalue weighted by Crippen LogP contribution is 2.23. The Morgan fingerprint density at radius 1 is 1.13 bits per heavy atom. The summed E-state index contributed by atoms with van der Waals surface area (Å²) >= 11 is 0. The lowest BCUT2D eigenvalue weighted by atomic mass is 10.2. The molecule has 2 rings (SSSR count). The molecular weight excluding hydrogens is 286 g/mol. The Labute approximate surface area is 138 Å². The molecule has 0 bridgehead atoms. The molecule has 4 heteroatoms. The lowest BCUT2D eigenvalue weighted by Gasteiger charge is -2.22. The van der Waals surface area contributed by atoms with E-state index in [-0.39, 0.29) is 5.91 Å². The molecule has 0 spiro atoms. The maximum Gasteiger partial charge on any atom is 0.251 e. The summed E-state index contributed by atoms with van der Waals surface area (Å²) in [5.41, 5.74) is 1.73. The van der Waals surface area contributed by atoms with Crippen LogP contribution < -0.4 is 10.2 Å². The molecule has 1 N–H and O–H groups in total. The fourth-order valence-corrected chi connectivity index (χ4v) is 2.47. The second-order valence-electron chi connectivity index (χ2n) is 5.45. The van der Waals surface area contributed by atoms with E-state index >= 15 is 0 Å². The fourth-order valence-electron chi connectivity index (χ4n) is 2.47. The molecule has 23 heavy (non-hydrogen) atoms. The molecule has 0 unspecified atom stereocenters. The Morgan fingerprint density at radius 3 is 2.61 bits per heavy atom. The maximum absolute atomic E-state index is 12.3. The summed E-state index contributed by atoms with van der Waals surface area (Å²) in [6.45, 7) is 5.74. The van der Waals surface area contributed by atoms with E-state index in [1.54, 1.807) is 12.3 Å². The van der Waals surface area contributed by atoms with Gasteiger partial charge in [-0.1, -0.05) is 38.0 Å². The molecule has 0 aliphatic rings. The predicted molar refractivity (Wildman–Crippen MR) is 95.2 cm³/mol. The highest BCUT2D eigenvalue weighted by molar-refractivity contribution is 5.94. The first-order chi connectivity index (χ1) is 11.3. The molecule has 0 radical (unpaired) electrons. The molecule has 0 saturated heterocycles. The van der Waals surface area contributed by atoms with Crippen molar-refractivity contribution in [2.24, 2.45) is 0 Å². The minimum absolute atomic E-state index is 0.0335. The van der Waals surface area contributed by atoms with Gasteiger partial charge in [-0.25, -0.2) is 4.98 Å². The monoisotopic (exact) mass is 311 g/mol. The third kappa shape index (κ3) is 4.81. The number of pyridine rings is 1. The van der Waals surface area contributed by atoms with Gasteiger partial charge < -0.3 is 10.2 Å². The van der Waals surface area contributed by atoms with Crippen LogP contribution in [0.3, 0.4) is 0 Å². The van der Waals surface area contributed by atoms with Crippen molar-refractivity contribution in [2.75, 3.05) is 18.0 Å². The van der Waals surface area contributed by atoms with Crippen molar-refractivity contribution < 1.29 is 4.79 Å². The number of amides is 1. The van der Waals surface area contributed by atoms with Crippen molar-refractivity contribution in [1.29, 1.82) is 0 Å². The summed E-state index contributed by atoms with van der Waals surface area (Å²) in [6.07, 6.45) is 5.00. The highest BCUT2D eigenvalue weighted by atomic mass is 16.1. The predicted octanol–water partition coefficient (Wildman–Crippen LogP) is 4.16. The van der Waals surface area contributed by atoms with Gasteiger partial charge in [0.25, 0.3) is 5.91 Å². The average molecular weight is 311 g/mol. The van der Waals surface area contributed by atoms with Gasteiger partial charge in [0.1, 0.15) is 5.82 Å². The lowest BCUT2D eigenvalue weighted by molar-refractivity contribution is 0.0953. The van der Waals surface area contributed by atoms with Gasteiger partial charge in [0.15, 0.2) is 0 Å². The Hall–Kier alpha value is -2.36.